The van der Waals surface area contributed by atoms with Gasteiger partial charge in [-0.15, -0.1) is 0 Å². The minimum Gasteiger partial charge on any atom is -0.497 e. The van der Waals surface area contributed by atoms with Crippen LogP contribution in [0, 0.1) is 12.7 Å². The summed E-state index contributed by atoms with van der Waals surface area (Å²) in [6.07, 6.45) is 0.683. The number of halogens is 1. The molecule has 1 aliphatic heterocycles. The second kappa shape index (κ2) is 11.3. The fourth-order valence-electron chi connectivity index (χ4n) is 4.63. The fraction of sp³-hybridized carbons (Fsp3) is 0.233. The van der Waals surface area contributed by atoms with E-state index in [0.29, 0.717) is 55.4 Å². The summed E-state index contributed by atoms with van der Waals surface area (Å²) in [5, 5.41) is 2.96. The Morgan fingerprint density at radius 1 is 0.947 bits per heavy atom. The van der Waals surface area contributed by atoms with Crippen LogP contribution in [0.2, 0.25) is 0 Å². The molecule has 1 saturated heterocycles. The number of aryl methyl sites for hydroxylation is 1. The van der Waals surface area contributed by atoms with Crippen LogP contribution in [-0.2, 0) is 6.42 Å². The largest absolute Gasteiger partial charge is 0.497 e. The van der Waals surface area contributed by atoms with E-state index in [0.717, 1.165) is 22.6 Å². The molecule has 0 atom stereocenters. The van der Waals surface area contributed by atoms with Crippen LogP contribution in [0.4, 0.5) is 20.7 Å². The molecule has 3 aromatic carbocycles. The number of urea groups is 1. The van der Waals surface area contributed by atoms with Crippen LogP contribution in [0.1, 0.15) is 16.8 Å². The highest BCUT2D eigenvalue weighted by molar-refractivity contribution is 5.89. The molecular formula is C30H30FN5O2. The number of rotatable bonds is 6. The number of carbonyl (C=O) groups excluding carboxylic acids is 1. The highest BCUT2D eigenvalue weighted by Gasteiger charge is 2.25. The Hall–Kier alpha value is -4.46. The zero-order valence-electron chi connectivity index (χ0n) is 21.5. The lowest BCUT2D eigenvalue weighted by atomic mass is 10.0. The van der Waals surface area contributed by atoms with E-state index < -0.39 is 0 Å². The zero-order chi connectivity index (χ0) is 26.5. The molecule has 0 unspecified atom stereocenters. The summed E-state index contributed by atoms with van der Waals surface area (Å²) in [4.78, 5) is 26.6. The van der Waals surface area contributed by atoms with Crippen molar-refractivity contribution in [3.63, 3.8) is 0 Å². The third-order valence-corrected chi connectivity index (χ3v) is 6.69. The van der Waals surface area contributed by atoms with Gasteiger partial charge in [0.1, 0.15) is 17.4 Å². The van der Waals surface area contributed by atoms with Crippen LogP contribution >= 0.6 is 0 Å². The average molecular weight is 512 g/mol. The molecular weight excluding hydrogens is 481 g/mol. The Bertz CT molecular complexity index is 1420. The number of carbonyl (C=O) groups is 1. The van der Waals surface area contributed by atoms with E-state index in [2.05, 4.69) is 22.3 Å². The lowest BCUT2D eigenvalue weighted by molar-refractivity contribution is 0.208. The van der Waals surface area contributed by atoms with Crippen LogP contribution in [0.25, 0.3) is 11.4 Å². The van der Waals surface area contributed by atoms with Crippen molar-refractivity contribution in [2.45, 2.75) is 13.3 Å². The Labute approximate surface area is 221 Å². The van der Waals surface area contributed by atoms with Crippen molar-refractivity contribution in [3.8, 4) is 17.1 Å². The molecule has 4 aromatic rings. The summed E-state index contributed by atoms with van der Waals surface area (Å²) in [6, 6.07) is 23.7. The lowest BCUT2D eigenvalue weighted by Crippen LogP contribution is -2.50. The molecule has 0 radical (unpaired) electrons. The highest BCUT2D eigenvalue weighted by atomic mass is 19.1. The number of hydrogen-bond donors (Lipinski definition) is 1. The minimum absolute atomic E-state index is 0.151. The number of aromatic nitrogens is 2. The molecule has 38 heavy (non-hydrogen) atoms. The lowest BCUT2D eigenvalue weighted by Gasteiger charge is -2.36. The second-order valence-electron chi connectivity index (χ2n) is 9.24. The molecule has 1 aliphatic rings. The molecule has 2 heterocycles. The van der Waals surface area contributed by atoms with Crippen molar-refractivity contribution in [1.82, 2.24) is 14.9 Å². The first-order valence-corrected chi connectivity index (χ1v) is 12.6. The Morgan fingerprint density at radius 3 is 2.45 bits per heavy atom. The highest BCUT2D eigenvalue weighted by Crippen LogP contribution is 2.29. The van der Waals surface area contributed by atoms with Gasteiger partial charge < -0.3 is 19.9 Å². The van der Waals surface area contributed by atoms with Crippen molar-refractivity contribution in [1.29, 1.82) is 0 Å². The second-order valence-corrected chi connectivity index (χ2v) is 9.24. The summed E-state index contributed by atoms with van der Waals surface area (Å²) in [7, 11) is 1.60. The number of amides is 2. The Balaban J connectivity index is 1.38. The Morgan fingerprint density at radius 2 is 1.71 bits per heavy atom. The first-order chi connectivity index (χ1) is 18.5. The first-order valence-electron chi connectivity index (χ1n) is 12.6. The first kappa shape index (κ1) is 25.2. The number of piperazine rings is 1. The normalized spacial score (nSPS) is 13.3. The third kappa shape index (κ3) is 5.75. The SMILES string of the molecule is COc1cccc(NC(=O)N2CCN(c3nc(-c4cccc(F)c4)nc(C)c3Cc3ccccc3)CC2)c1. The van der Waals surface area contributed by atoms with E-state index in [4.69, 9.17) is 14.7 Å². The number of benzene rings is 3. The van der Waals surface area contributed by atoms with Crippen LogP contribution in [0.15, 0.2) is 78.9 Å². The number of hydrogen-bond acceptors (Lipinski definition) is 5. The summed E-state index contributed by atoms with van der Waals surface area (Å²) in [6.45, 7) is 4.29. The fourth-order valence-corrected chi connectivity index (χ4v) is 4.63. The molecule has 0 aliphatic carbocycles. The standard InChI is InChI=1S/C30H30FN5O2/c1-21-27(18-22-8-4-3-5-9-22)29(34-28(32-21)23-10-6-11-24(31)19-23)35-14-16-36(17-15-35)30(37)33-25-12-7-13-26(20-25)38-2/h3-13,19-20H,14-18H2,1-2H3,(H,33,37). The van der Waals surface area contributed by atoms with Crippen molar-refractivity contribution in [2.75, 3.05) is 43.5 Å². The van der Waals surface area contributed by atoms with Gasteiger partial charge in [0.15, 0.2) is 5.82 Å². The maximum absolute atomic E-state index is 14.0. The smallest absolute Gasteiger partial charge is 0.321 e. The Kier molecular flexibility index (Phi) is 7.49. The van der Waals surface area contributed by atoms with E-state index in [9.17, 15) is 9.18 Å². The van der Waals surface area contributed by atoms with Gasteiger partial charge in [0.25, 0.3) is 0 Å². The summed E-state index contributed by atoms with van der Waals surface area (Å²) in [5.41, 5.74) is 4.38. The topological polar surface area (TPSA) is 70.6 Å². The summed E-state index contributed by atoms with van der Waals surface area (Å²) < 4.78 is 19.2. The van der Waals surface area contributed by atoms with Crippen LogP contribution in [0.3, 0.4) is 0 Å². The predicted octanol–water partition coefficient (Wildman–Crippen LogP) is 5.54. The molecule has 0 bridgehead atoms. The van der Waals surface area contributed by atoms with E-state index in [1.807, 2.05) is 49.4 Å². The minimum atomic E-state index is -0.325. The predicted molar refractivity (Wildman–Crippen MR) is 147 cm³/mol. The molecule has 5 rings (SSSR count). The van der Waals surface area contributed by atoms with Crippen LogP contribution in [0.5, 0.6) is 5.75 Å². The van der Waals surface area contributed by atoms with Crippen molar-refractivity contribution < 1.29 is 13.9 Å². The van der Waals surface area contributed by atoms with Gasteiger partial charge in [-0.1, -0.05) is 48.5 Å². The molecule has 194 valence electrons. The van der Waals surface area contributed by atoms with Gasteiger partial charge in [-0.25, -0.2) is 19.2 Å². The molecule has 0 spiro atoms. The van der Waals surface area contributed by atoms with Gasteiger partial charge in [-0.05, 0) is 36.8 Å². The zero-order valence-corrected chi connectivity index (χ0v) is 21.5. The van der Waals surface area contributed by atoms with E-state index in [-0.39, 0.29) is 11.8 Å². The van der Waals surface area contributed by atoms with E-state index >= 15 is 0 Å². The maximum Gasteiger partial charge on any atom is 0.321 e. The van der Waals surface area contributed by atoms with Gasteiger partial charge >= 0.3 is 6.03 Å². The maximum atomic E-state index is 14.0. The monoisotopic (exact) mass is 511 g/mol. The van der Waals surface area contributed by atoms with E-state index in [1.165, 1.54) is 12.1 Å². The number of nitrogens with zero attached hydrogens (tertiary/aromatic N) is 4. The van der Waals surface area contributed by atoms with Crippen molar-refractivity contribution >= 4 is 17.5 Å². The number of ether oxygens (including phenoxy) is 1. The molecule has 8 heteroatoms. The summed E-state index contributed by atoms with van der Waals surface area (Å²) in [5.74, 6) is 1.68. The number of nitrogens with one attached hydrogen (secondary N) is 1. The van der Waals surface area contributed by atoms with Gasteiger partial charge in [0, 0.05) is 61.2 Å². The van der Waals surface area contributed by atoms with Crippen LogP contribution < -0.4 is 15.0 Å². The van der Waals surface area contributed by atoms with Gasteiger partial charge in [-0.2, -0.15) is 0 Å². The molecule has 2 amide bonds. The quantitative estimate of drug-likeness (QED) is 0.368. The molecule has 1 aromatic heterocycles. The van der Waals surface area contributed by atoms with Gasteiger partial charge in [0.2, 0.25) is 0 Å². The van der Waals surface area contributed by atoms with Crippen molar-refractivity contribution in [2.24, 2.45) is 0 Å². The molecule has 1 fully saturated rings. The van der Waals surface area contributed by atoms with Gasteiger partial charge in [0.05, 0.1) is 7.11 Å². The van der Waals surface area contributed by atoms with E-state index in [1.54, 1.807) is 24.1 Å². The molecule has 0 saturated carbocycles. The van der Waals surface area contributed by atoms with Gasteiger partial charge in [-0.3, -0.25) is 0 Å². The average Bonchev–Trinajstić information content (AvgIpc) is 2.95. The number of anilines is 2. The molecule has 7 nitrogen and oxygen atoms in total. The summed E-state index contributed by atoms with van der Waals surface area (Å²) >= 11 is 0. The van der Waals surface area contributed by atoms with Crippen LogP contribution in [-0.4, -0.2) is 54.2 Å². The number of methoxy groups -OCH3 is 1. The molecule has 1 N–H and O–H groups in total. The van der Waals surface area contributed by atoms with Crippen molar-refractivity contribution in [3.05, 3.63) is 102 Å². The third-order valence-electron chi connectivity index (χ3n) is 6.69.